The van der Waals surface area contributed by atoms with Gasteiger partial charge in [0.1, 0.15) is 22.8 Å². The zero-order chi connectivity index (χ0) is 16.3. The van der Waals surface area contributed by atoms with E-state index in [9.17, 15) is 19.7 Å². The molecule has 0 saturated carbocycles. The molecule has 1 aromatic rings. The van der Waals surface area contributed by atoms with Gasteiger partial charge in [-0.05, 0) is 18.2 Å². The zero-order valence-corrected chi connectivity index (χ0v) is 12.0. The third-order valence-electron chi connectivity index (χ3n) is 2.99. The second kappa shape index (κ2) is 6.44. The van der Waals surface area contributed by atoms with E-state index in [1.807, 2.05) is 0 Å². The molecule has 7 nitrogen and oxygen atoms in total. The average molecular weight is 321 g/mol. The van der Waals surface area contributed by atoms with E-state index >= 15 is 0 Å². The van der Waals surface area contributed by atoms with Crippen molar-refractivity contribution in [1.82, 2.24) is 0 Å². The fourth-order valence-corrected chi connectivity index (χ4v) is 2.13. The Morgan fingerprint density at radius 2 is 2.23 bits per heavy atom. The number of aliphatic imine (C=N–C) groups is 1. The molecular formula is C14H9ClN2O5. The molecule has 1 heterocycles. The van der Waals surface area contributed by atoms with Gasteiger partial charge in [-0.1, -0.05) is 11.6 Å². The number of hydrogen-bond donors (Lipinski definition) is 0. The van der Waals surface area contributed by atoms with Crippen molar-refractivity contribution in [3.05, 3.63) is 56.7 Å². The number of carbonyl (C=O) groups is 1. The van der Waals surface area contributed by atoms with Gasteiger partial charge in [0.15, 0.2) is 0 Å². The molecule has 0 aliphatic carbocycles. The van der Waals surface area contributed by atoms with Gasteiger partial charge in [-0.15, -0.1) is 0 Å². The largest absolute Gasteiger partial charge is 0.369 e. The maximum Gasteiger partial charge on any atom is 0.288 e. The van der Waals surface area contributed by atoms with Crippen molar-refractivity contribution in [3.63, 3.8) is 0 Å². The first-order valence-corrected chi connectivity index (χ1v) is 6.38. The Bertz CT molecular complexity index is 762. The Morgan fingerprint density at radius 3 is 2.82 bits per heavy atom. The number of hydrogen-bond acceptors (Lipinski definition) is 6. The first kappa shape index (κ1) is 15.8. The standard InChI is InChI=1S/C14H9ClN2O5/c1-22-14-9(7-18)4-5-16-12(14)13(19)8-2-3-10(15)11(6-8)17(20)21/h2-6,14H,1H3. The molecule has 1 aliphatic rings. The summed E-state index contributed by atoms with van der Waals surface area (Å²) < 4.78 is 5.09. The minimum atomic E-state index is -0.968. The maximum absolute atomic E-state index is 12.5. The number of nitrogens with zero attached hydrogens (tertiary/aromatic N) is 2. The highest BCUT2D eigenvalue weighted by Crippen LogP contribution is 2.26. The van der Waals surface area contributed by atoms with E-state index < -0.39 is 16.8 Å². The van der Waals surface area contributed by atoms with Gasteiger partial charge in [-0.2, -0.15) is 0 Å². The maximum atomic E-state index is 12.5. The first-order valence-electron chi connectivity index (χ1n) is 6.00. The Morgan fingerprint density at radius 1 is 1.50 bits per heavy atom. The summed E-state index contributed by atoms with van der Waals surface area (Å²) in [6.45, 7) is 0. The summed E-state index contributed by atoms with van der Waals surface area (Å²) in [6, 6.07) is 3.66. The van der Waals surface area contributed by atoms with E-state index in [1.54, 1.807) is 5.94 Å². The normalized spacial score (nSPS) is 16.9. The molecule has 0 aromatic heterocycles. The lowest BCUT2D eigenvalue weighted by Crippen LogP contribution is -2.33. The predicted molar refractivity (Wildman–Crippen MR) is 79.0 cm³/mol. The summed E-state index contributed by atoms with van der Waals surface area (Å²) in [5.74, 6) is 1.08. The highest BCUT2D eigenvalue weighted by atomic mass is 35.5. The second-order valence-corrected chi connectivity index (χ2v) is 4.66. The van der Waals surface area contributed by atoms with E-state index in [-0.39, 0.29) is 27.6 Å². The summed E-state index contributed by atoms with van der Waals surface area (Å²) in [7, 11) is 1.31. The van der Waals surface area contributed by atoms with E-state index in [1.165, 1.54) is 31.5 Å². The molecule has 1 aromatic carbocycles. The van der Waals surface area contributed by atoms with Crippen LogP contribution < -0.4 is 0 Å². The molecule has 0 N–H and O–H groups in total. The van der Waals surface area contributed by atoms with Gasteiger partial charge in [-0.3, -0.25) is 19.9 Å². The first-order chi connectivity index (χ1) is 10.5. The fraction of sp³-hybridized carbons (Fsp3) is 0.143. The van der Waals surface area contributed by atoms with Gasteiger partial charge >= 0.3 is 0 Å². The average Bonchev–Trinajstić information content (AvgIpc) is 2.53. The van der Waals surface area contributed by atoms with Crippen LogP contribution in [0.15, 0.2) is 41.0 Å². The minimum Gasteiger partial charge on any atom is -0.369 e. The van der Waals surface area contributed by atoms with Crippen LogP contribution in [0.2, 0.25) is 5.02 Å². The lowest BCUT2D eigenvalue weighted by molar-refractivity contribution is -0.384. The number of ketones is 1. The van der Waals surface area contributed by atoms with Gasteiger partial charge in [0.05, 0.1) is 10.5 Å². The Kier molecular flexibility index (Phi) is 4.62. The third kappa shape index (κ3) is 2.87. The van der Waals surface area contributed by atoms with Gasteiger partial charge < -0.3 is 4.74 Å². The summed E-state index contributed by atoms with van der Waals surface area (Å²) in [4.78, 5) is 37.4. The van der Waals surface area contributed by atoms with Gasteiger partial charge in [0.2, 0.25) is 5.78 Å². The van der Waals surface area contributed by atoms with E-state index in [0.29, 0.717) is 0 Å². The van der Waals surface area contributed by atoms with Crippen LogP contribution >= 0.6 is 11.6 Å². The molecular weight excluding hydrogens is 312 g/mol. The van der Waals surface area contributed by atoms with Crippen LogP contribution in [0.1, 0.15) is 10.4 Å². The molecule has 2 rings (SSSR count). The molecule has 1 atom stereocenters. The Labute approximate surface area is 129 Å². The smallest absolute Gasteiger partial charge is 0.288 e. The number of rotatable bonds is 4. The molecule has 0 spiro atoms. The fourth-order valence-electron chi connectivity index (χ4n) is 1.95. The minimum absolute atomic E-state index is 0.0254. The Hall–Kier alpha value is -2.60. The summed E-state index contributed by atoms with van der Waals surface area (Å²) >= 11 is 5.71. The lowest BCUT2D eigenvalue weighted by Gasteiger charge is -2.18. The molecule has 8 heteroatoms. The van der Waals surface area contributed by atoms with Crippen molar-refractivity contribution in [2.45, 2.75) is 6.10 Å². The molecule has 22 heavy (non-hydrogen) atoms. The number of halogens is 1. The van der Waals surface area contributed by atoms with Crippen LogP contribution in [-0.2, 0) is 9.53 Å². The summed E-state index contributed by atoms with van der Waals surface area (Å²) in [5, 5.41) is 10.8. The van der Waals surface area contributed by atoms with Crippen LogP contribution in [0.3, 0.4) is 0 Å². The van der Waals surface area contributed by atoms with E-state index in [4.69, 9.17) is 16.3 Å². The second-order valence-electron chi connectivity index (χ2n) is 4.26. The van der Waals surface area contributed by atoms with Crippen LogP contribution in [0.5, 0.6) is 0 Å². The van der Waals surface area contributed by atoms with E-state index in [2.05, 4.69) is 4.99 Å². The lowest BCUT2D eigenvalue weighted by atomic mass is 9.96. The summed E-state index contributed by atoms with van der Waals surface area (Å²) in [6.07, 6.45) is 1.68. The predicted octanol–water partition coefficient (Wildman–Crippen LogP) is 2.17. The number of Topliss-reactive ketones (excluding diaryl/α,β-unsaturated/α-hetero) is 1. The topological polar surface area (TPSA) is 98.9 Å². The highest BCUT2D eigenvalue weighted by molar-refractivity contribution is 6.48. The molecule has 1 aliphatic heterocycles. The van der Waals surface area contributed by atoms with Crippen molar-refractivity contribution < 1.29 is 19.2 Å². The van der Waals surface area contributed by atoms with Gasteiger partial charge in [0, 0.05) is 24.9 Å². The van der Waals surface area contributed by atoms with Crippen LogP contribution in [0.25, 0.3) is 0 Å². The zero-order valence-electron chi connectivity index (χ0n) is 11.3. The number of carbonyl (C=O) groups excluding carboxylic acids is 2. The van der Waals surface area contributed by atoms with Crippen molar-refractivity contribution in [1.29, 1.82) is 0 Å². The molecule has 0 saturated heterocycles. The van der Waals surface area contributed by atoms with E-state index in [0.717, 1.165) is 6.07 Å². The number of nitro benzene ring substituents is 1. The molecule has 1 unspecified atom stereocenters. The molecule has 112 valence electrons. The monoisotopic (exact) mass is 320 g/mol. The van der Waals surface area contributed by atoms with Gasteiger partial charge in [0.25, 0.3) is 5.69 Å². The van der Waals surface area contributed by atoms with Crippen LogP contribution in [-0.4, -0.2) is 35.6 Å². The van der Waals surface area contributed by atoms with Crippen LogP contribution in [0, 0.1) is 10.1 Å². The van der Waals surface area contributed by atoms with Crippen molar-refractivity contribution in [3.8, 4) is 0 Å². The SMILES string of the molecule is COC1C(=C=O)C=CN=C1C(=O)c1ccc(Cl)c([N+](=O)[O-])c1. The Balaban J connectivity index is 2.46. The number of ether oxygens (including phenoxy) is 1. The number of methoxy groups -OCH3 is 1. The molecule has 0 amide bonds. The molecule has 0 fully saturated rings. The van der Waals surface area contributed by atoms with Crippen LogP contribution in [0.4, 0.5) is 5.69 Å². The highest BCUT2D eigenvalue weighted by Gasteiger charge is 2.30. The quantitative estimate of drug-likeness (QED) is 0.366. The van der Waals surface area contributed by atoms with Crippen molar-refractivity contribution >= 4 is 34.7 Å². The van der Waals surface area contributed by atoms with Crippen molar-refractivity contribution in [2.75, 3.05) is 7.11 Å². The molecule has 0 bridgehead atoms. The summed E-state index contributed by atoms with van der Waals surface area (Å²) in [5.41, 5.74) is -0.304. The molecule has 0 radical (unpaired) electrons. The number of benzene rings is 1. The third-order valence-corrected chi connectivity index (χ3v) is 3.31. The number of nitro groups is 1. The van der Waals surface area contributed by atoms with Crippen molar-refractivity contribution in [2.24, 2.45) is 4.99 Å². The van der Waals surface area contributed by atoms with Gasteiger partial charge in [-0.25, -0.2) is 4.79 Å².